The maximum Gasteiger partial charge on any atom is 0.255 e. The fourth-order valence-corrected chi connectivity index (χ4v) is 2.29. The number of nitrogens with zero attached hydrogens (tertiary/aromatic N) is 1. The highest BCUT2D eigenvalue weighted by Gasteiger charge is 2.08. The first-order valence-corrected chi connectivity index (χ1v) is 7.32. The van der Waals surface area contributed by atoms with Crippen LogP contribution in [0.15, 0.2) is 66.9 Å². The molecule has 0 atom stereocenters. The Bertz CT molecular complexity index is 841. The third-order valence-corrected chi connectivity index (χ3v) is 3.57. The van der Waals surface area contributed by atoms with E-state index in [4.69, 9.17) is 5.73 Å². The summed E-state index contributed by atoms with van der Waals surface area (Å²) in [6.45, 7) is 2.03. The van der Waals surface area contributed by atoms with Gasteiger partial charge in [0.1, 0.15) is 0 Å². The van der Waals surface area contributed by atoms with E-state index in [1.807, 2.05) is 43.3 Å². The number of nitrogen functional groups attached to an aromatic ring is 1. The summed E-state index contributed by atoms with van der Waals surface area (Å²) in [4.78, 5) is 16.6. The largest absolute Gasteiger partial charge is 0.397 e. The van der Waals surface area contributed by atoms with Gasteiger partial charge in [0.05, 0.1) is 17.1 Å². The summed E-state index contributed by atoms with van der Waals surface area (Å²) in [6, 6.07) is 18.5. The van der Waals surface area contributed by atoms with Crippen molar-refractivity contribution in [3.05, 3.63) is 78.0 Å². The van der Waals surface area contributed by atoms with E-state index in [9.17, 15) is 4.79 Å². The van der Waals surface area contributed by atoms with Gasteiger partial charge in [0, 0.05) is 17.3 Å². The number of pyridine rings is 1. The zero-order valence-corrected chi connectivity index (χ0v) is 12.8. The van der Waals surface area contributed by atoms with Crippen molar-refractivity contribution in [2.75, 3.05) is 11.1 Å². The van der Waals surface area contributed by atoms with Crippen LogP contribution in [0.25, 0.3) is 11.3 Å². The number of rotatable bonds is 3. The van der Waals surface area contributed by atoms with Gasteiger partial charge in [-0.1, -0.05) is 24.3 Å². The Labute approximate surface area is 135 Å². The quantitative estimate of drug-likeness (QED) is 0.721. The molecular formula is C19H17N3O. The minimum Gasteiger partial charge on any atom is -0.397 e. The summed E-state index contributed by atoms with van der Waals surface area (Å²) >= 11 is 0. The minimum absolute atomic E-state index is 0.188. The Morgan fingerprint density at radius 3 is 2.48 bits per heavy atom. The van der Waals surface area contributed by atoms with Crippen molar-refractivity contribution in [1.29, 1.82) is 0 Å². The molecule has 0 aliphatic carbocycles. The predicted octanol–water partition coefficient (Wildman–Crippen LogP) is 3.89. The number of carbonyl (C=O) groups is 1. The number of amides is 1. The van der Waals surface area contributed by atoms with Crippen molar-refractivity contribution in [1.82, 2.24) is 4.98 Å². The second-order valence-corrected chi connectivity index (χ2v) is 5.34. The number of benzene rings is 2. The molecule has 3 aromatic rings. The van der Waals surface area contributed by atoms with Crippen molar-refractivity contribution >= 4 is 17.3 Å². The van der Waals surface area contributed by atoms with Crippen molar-refractivity contribution < 1.29 is 4.79 Å². The van der Waals surface area contributed by atoms with Gasteiger partial charge in [-0.05, 0) is 48.9 Å². The SMILES string of the molecule is Cc1ccnc(-c2ccc(C(=O)Nc3ccccc3N)cc2)c1. The van der Waals surface area contributed by atoms with E-state index in [0.717, 1.165) is 16.8 Å². The molecule has 2 aromatic carbocycles. The topological polar surface area (TPSA) is 68.0 Å². The van der Waals surface area contributed by atoms with Crippen molar-refractivity contribution in [2.24, 2.45) is 0 Å². The number of aryl methyl sites for hydroxylation is 1. The molecule has 0 bridgehead atoms. The van der Waals surface area contributed by atoms with Gasteiger partial charge in [-0.3, -0.25) is 9.78 Å². The van der Waals surface area contributed by atoms with Crippen LogP contribution in [0, 0.1) is 6.92 Å². The van der Waals surface area contributed by atoms with Crippen molar-refractivity contribution in [3.8, 4) is 11.3 Å². The maximum atomic E-state index is 12.3. The van der Waals surface area contributed by atoms with Gasteiger partial charge in [0.25, 0.3) is 5.91 Å². The van der Waals surface area contributed by atoms with Gasteiger partial charge in [-0.25, -0.2) is 0 Å². The summed E-state index contributed by atoms with van der Waals surface area (Å²) in [6.07, 6.45) is 1.78. The first-order valence-electron chi connectivity index (χ1n) is 7.32. The predicted molar refractivity (Wildman–Crippen MR) is 93.2 cm³/mol. The average Bonchev–Trinajstić information content (AvgIpc) is 2.57. The fourth-order valence-electron chi connectivity index (χ4n) is 2.29. The molecule has 0 saturated carbocycles. The molecule has 1 amide bonds. The van der Waals surface area contributed by atoms with Crippen molar-refractivity contribution in [2.45, 2.75) is 6.92 Å². The Hall–Kier alpha value is -3.14. The van der Waals surface area contributed by atoms with Crippen molar-refractivity contribution in [3.63, 3.8) is 0 Å². The highest BCUT2D eigenvalue weighted by atomic mass is 16.1. The Morgan fingerprint density at radius 1 is 1.04 bits per heavy atom. The van der Waals surface area contributed by atoms with Gasteiger partial charge in [0.15, 0.2) is 0 Å². The molecule has 1 aromatic heterocycles. The number of aromatic nitrogens is 1. The molecule has 0 aliphatic heterocycles. The van der Waals surface area contributed by atoms with E-state index in [0.29, 0.717) is 16.9 Å². The number of carbonyl (C=O) groups excluding carboxylic acids is 1. The van der Waals surface area contributed by atoms with E-state index in [1.165, 1.54) is 0 Å². The molecule has 0 spiro atoms. The number of nitrogens with one attached hydrogen (secondary N) is 1. The standard InChI is InChI=1S/C19H17N3O/c1-13-10-11-21-18(12-13)14-6-8-15(9-7-14)19(23)22-17-5-3-2-4-16(17)20/h2-12H,20H2,1H3,(H,22,23). The Morgan fingerprint density at radius 2 is 1.78 bits per heavy atom. The van der Waals surface area contributed by atoms with Crippen LogP contribution in [-0.2, 0) is 0 Å². The van der Waals surface area contributed by atoms with E-state index < -0.39 is 0 Å². The smallest absolute Gasteiger partial charge is 0.255 e. The molecule has 0 fully saturated rings. The van der Waals surface area contributed by atoms with Crippen LogP contribution < -0.4 is 11.1 Å². The second kappa shape index (κ2) is 6.32. The zero-order valence-electron chi connectivity index (χ0n) is 12.8. The molecule has 4 nitrogen and oxygen atoms in total. The highest BCUT2D eigenvalue weighted by molar-refractivity contribution is 6.05. The molecule has 0 saturated heterocycles. The van der Waals surface area contributed by atoms with E-state index in [1.54, 1.807) is 30.5 Å². The lowest BCUT2D eigenvalue weighted by molar-refractivity contribution is 0.102. The molecule has 3 N–H and O–H groups in total. The first-order chi connectivity index (χ1) is 11.1. The van der Waals surface area contributed by atoms with Crippen LogP contribution in [0.4, 0.5) is 11.4 Å². The molecule has 3 rings (SSSR count). The van der Waals surface area contributed by atoms with Crippen LogP contribution in [0.1, 0.15) is 15.9 Å². The summed E-state index contributed by atoms with van der Waals surface area (Å²) in [5.74, 6) is -0.188. The monoisotopic (exact) mass is 303 g/mol. The average molecular weight is 303 g/mol. The van der Waals surface area contributed by atoms with Crippen LogP contribution in [0.2, 0.25) is 0 Å². The third kappa shape index (κ3) is 3.37. The fraction of sp³-hybridized carbons (Fsp3) is 0.0526. The zero-order chi connectivity index (χ0) is 16.2. The number of hydrogen-bond donors (Lipinski definition) is 2. The van der Waals surface area contributed by atoms with Gasteiger partial charge in [-0.15, -0.1) is 0 Å². The molecule has 0 radical (unpaired) electrons. The van der Waals surface area contributed by atoms with E-state index in [-0.39, 0.29) is 5.91 Å². The lowest BCUT2D eigenvalue weighted by Gasteiger charge is -2.08. The molecule has 23 heavy (non-hydrogen) atoms. The molecule has 114 valence electrons. The third-order valence-electron chi connectivity index (χ3n) is 3.57. The summed E-state index contributed by atoms with van der Waals surface area (Å²) < 4.78 is 0. The summed E-state index contributed by atoms with van der Waals surface area (Å²) in [5, 5.41) is 2.82. The number of nitrogens with two attached hydrogens (primary N) is 1. The Kier molecular flexibility index (Phi) is 4.06. The normalized spacial score (nSPS) is 10.3. The van der Waals surface area contributed by atoms with Gasteiger partial charge in [-0.2, -0.15) is 0 Å². The maximum absolute atomic E-state index is 12.3. The number of hydrogen-bond acceptors (Lipinski definition) is 3. The molecular weight excluding hydrogens is 286 g/mol. The Balaban J connectivity index is 1.79. The van der Waals surface area contributed by atoms with Crippen LogP contribution in [0.3, 0.4) is 0 Å². The van der Waals surface area contributed by atoms with Crippen LogP contribution >= 0.6 is 0 Å². The molecule has 4 heteroatoms. The van der Waals surface area contributed by atoms with E-state index >= 15 is 0 Å². The van der Waals surface area contributed by atoms with Crippen LogP contribution in [-0.4, -0.2) is 10.9 Å². The molecule has 1 heterocycles. The highest BCUT2D eigenvalue weighted by Crippen LogP contribution is 2.20. The number of para-hydroxylation sites is 2. The summed E-state index contributed by atoms with van der Waals surface area (Å²) in [5.41, 5.74) is 10.6. The lowest BCUT2D eigenvalue weighted by atomic mass is 10.1. The van der Waals surface area contributed by atoms with E-state index in [2.05, 4.69) is 10.3 Å². The second-order valence-electron chi connectivity index (χ2n) is 5.34. The van der Waals surface area contributed by atoms with Gasteiger partial charge < -0.3 is 11.1 Å². The summed E-state index contributed by atoms with van der Waals surface area (Å²) in [7, 11) is 0. The number of anilines is 2. The van der Waals surface area contributed by atoms with Gasteiger partial charge in [0.2, 0.25) is 0 Å². The molecule has 0 unspecified atom stereocenters. The minimum atomic E-state index is -0.188. The lowest BCUT2D eigenvalue weighted by Crippen LogP contribution is -2.12. The molecule has 0 aliphatic rings. The van der Waals surface area contributed by atoms with Crippen LogP contribution in [0.5, 0.6) is 0 Å². The van der Waals surface area contributed by atoms with Gasteiger partial charge >= 0.3 is 0 Å². The first kappa shape index (κ1) is 14.8.